The van der Waals surface area contributed by atoms with Crippen LogP contribution in [0.4, 0.5) is 14.5 Å². The van der Waals surface area contributed by atoms with E-state index in [0.717, 1.165) is 35.9 Å². The van der Waals surface area contributed by atoms with E-state index < -0.39 is 22.8 Å². The normalized spacial score (nSPS) is 12.0. The molecule has 8 heteroatoms. The molecule has 0 unspecified atom stereocenters. The van der Waals surface area contributed by atoms with Crippen LogP contribution in [0, 0.1) is 11.6 Å². The van der Waals surface area contributed by atoms with Crippen LogP contribution in [-0.2, 0) is 11.2 Å². The molecule has 0 saturated carbocycles. The monoisotopic (exact) mass is 388 g/mol. The molecule has 1 amide bonds. The van der Waals surface area contributed by atoms with Crippen molar-refractivity contribution in [1.82, 2.24) is 15.2 Å². The van der Waals surface area contributed by atoms with Crippen molar-refractivity contribution in [3.05, 3.63) is 59.7 Å². The van der Waals surface area contributed by atoms with E-state index in [0.29, 0.717) is 11.0 Å². The van der Waals surface area contributed by atoms with Crippen molar-refractivity contribution >= 4 is 23.4 Å². The van der Waals surface area contributed by atoms with E-state index in [9.17, 15) is 13.6 Å². The molecule has 0 bridgehead atoms. The number of rotatable bonds is 6. The number of aromatic amines is 1. The number of hydrogen-bond donors (Lipinski definition) is 2. The predicted octanol–water partition coefficient (Wildman–Crippen LogP) is 4.43. The summed E-state index contributed by atoms with van der Waals surface area (Å²) in [4.78, 5) is 16.6. The summed E-state index contributed by atoms with van der Waals surface area (Å²) < 4.78 is 26.6. The summed E-state index contributed by atoms with van der Waals surface area (Å²) in [6, 6.07) is 11.0. The fraction of sp³-hybridized carbons (Fsp3) is 0.211. The number of anilines is 1. The molecule has 0 aliphatic heterocycles. The van der Waals surface area contributed by atoms with Crippen LogP contribution < -0.4 is 5.32 Å². The Bertz CT molecular complexity index is 943. The van der Waals surface area contributed by atoms with Crippen molar-refractivity contribution in [2.45, 2.75) is 30.7 Å². The molecule has 27 heavy (non-hydrogen) atoms. The van der Waals surface area contributed by atoms with Gasteiger partial charge in [0.2, 0.25) is 11.1 Å². The third kappa shape index (κ3) is 4.71. The highest BCUT2D eigenvalue weighted by Crippen LogP contribution is 2.24. The van der Waals surface area contributed by atoms with Gasteiger partial charge >= 0.3 is 0 Å². The Balaban J connectivity index is 1.64. The van der Waals surface area contributed by atoms with Gasteiger partial charge in [-0.05, 0) is 31.0 Å². The summed E-state index contributed by atoms with van der Waals surface area (Å²) in [5, 5.41) is 9.25. The molecular weight excluding hydrogens is 370 g/mol. The van der Waals surface area contributed by atoms with Gasteiger partial charge in [-0.3, -0.25) is 9.89 Å². The van der Waals surface area contributed by atoms with Gasteiger partial charge in [0.15, 0.2) is 5.82 Å². The first kappa shape index (κ1) is 19.0. The number of aromatic nitrogens is 3. The minimum atomic E-state index is -0.823. The Kier molecular flexibility index (Phi) is 5.85. The highest BCUT2D eigenvalue weighted by molar-refractivity contribution is 8.00. The van der Waals surface area contributed by atoms with Crippen molar-refractivity contribution in [3.63, 3.8) is 0 Å². The molecular formula is C19H18F2N4OS. The molecule has 1 aromatic heterocycles. The van der Waals surface area contributed by atoms with Crippen LogP contribution >= 0.6 is 11.8 Å². The number of carbonyl (C=O) groups excluding carboxylic acids is 1. The second kappa shape index (κ2) is 8.30. The lowest BCUT2D eigenvalue weighted by molar-refractivity contribution is -0.115. The highest BCUT2D eigenvalue weighted by atomic mass is 32.2. The lowest BCUT2D eigenvalue weighted by Crippen LogP contribution is -2.23. The summed E-state index contributed by atoms with van der Waals surface area (Å²) in [6.07, 6.45) is 0.957. The van der Waals surface area contributed by atoms with E-state index in [1.807, 2.05) is 24.3 Å². The largest absolute Gasteiger partial charge is 0.323 e. The second-order valence-electron chi connectivity index (χ2n) is 5.89. The smallest absolute Gasteiger partial charge is 0.237 e. The van der Waals surface area contributed by atoms with Crippen molar-refractivity contribution in [2.75, 3.05) is 5.32 Å². The average molecular weight is 388 g/mol. The molecule has 1 heterocycles. The average Bonchev–Trinajstić information content (AvgIpc) is 3.12. The van der Waals surface area contributed by atoms with E-state index in [4.69, 9.17) is 0 Å². The Labute approximate surface area is 159 Å². The van der Waals surface area contributed by atoms with Crippen LogP contribution in [0.15, 0.2) is 47.6 Å². The fourth-order valence-electron chi connectivity index (χ4n) is 2.36. The Morgan fingerprint density at radius 2 is 1.96 bits per heavy atom. The lowest BCUT2D eigenvalue weighted by atomic mass is 10.1. The quantitative estimate of drug-likeness (QED) is 0.613. The van der Waals surface area contributed by atoms with Gasteiger partial charge < -0.3 is 5.32 Å². The molecule has 5 nitrogen and oxygen atoms in total. The molecule has 140 valence electrons. The van der Waals surface area contributed by atoms with E-state index in [-0.39, 0.29) is 5.69 Å². The molecule has 0 aliphatic carbocycles. The number of benzene rings is 2. The summed E-state index contributed by atoms with van der Waals surface area (Å²) in [5.41, 5.74) is 2.06. The van der Waals surface area contributed by atoms with Crippen molar-refractivity contribution in [1.29, 1.82) is 0 Å². The first-order valence-corrected chi connectivity index (χ1v) is 9.28. The van der Waals surface area contributed by atoms with Crippen LogP contribution in [-0.4, -0.2) is 26.3 Å². The van der Waals surface area contributed by atoms with E-state index >= 15 is 0 Å². The third-order valence-electron chi connectivity index (χ3n) is 3.94. The van der Waals surface area contributed by atoms with Crippen molar-refractivity contribution < 1.29 is 13.6 Å². The first-order chi connectivity index (χ1) is 13.0. The molecule has 3 aromatic rings. The molecule has 0 saturated heterocycles. The summed E-state index contributed by atoms with van der Waals surface area (Å²) >= 11 is 1.14. The van der Waals surface area contributed by atoms with Crippen LogP contribution in [0.3, 0.4) is 0 Å². The van der Waals surface area contributed by atoms with Gasteiger partial charge in [-0.2, -0.15) is 0 Å². The van der Waals surface area contributed by atoms with Gasteiger partial charge in [-0.1, -0.05) is 43.0 Å². The zero-order chi connectivity index (χ0) is 19.4. The van der Waals surface area contributed by atoms with Crippen LogP contribution in [0.2, 0.25) is 0 Å². The van der Waals surface area contributed by atoms with Crippen molar-refractivity contribution in [3.8, 4) is 11.4 Å². The van der Waals surface area contributed by atoms with E-state index in [1.165, 1.54) is 11.6 Å². The minimum absolute atomic E-state index is 0.0689. The Morgan fingerprint density at radius 3 is 2.63 bits per heavy atom. The van der Waals surface area contributed by atoms with Gasteiger partial charge in [0, 0.05) is 11.6 Å². The Hall–Kier alpha value is -2.74. The maximum atomic E-state index is 13.7. The molecule has 0 fully saturated rings. The molecule has 0 spiro atoms. The number of aryl methyl sites for hydroxylation is 1. The zero-order valence-electron chi connectivity index (χ0n) is 14.8. The lowest BCUT2D eigenvalue weighted by Gasteiger charge is -2.10. The number of carbonyl (C=O) groups is 1. The van der Waals surface area contributed by atoms with Crippen LogP contribution in [0.1, 0.15) is 19.4 Å². The summed E-state index contributed by atoms with van der Waals surface area (Å²) in [6.45, 7) is 3.75. The van der Waals surface area contributed by atoms with Gasteiger partial charge in [-0.25, -0.2) is 13.8 Å². The number of H-pyrrole nitrogens is 1. The van der Waals surface area contributed by atoms with Gasteiger partial charge in [-0.15, -0.1) is 5.10 Å². The molecule has 1 atom stereocenters. The summed E-state index contributed by atoms with van der Waals surface area (Å²) in [7, 11) is 0. The summed E-state index contributed by atoms with van der Waals surface area (Å²) in [5.74, 6) is -1.34. The van der Waals surface area contributed by atoms with Gasteiger partial charge in [0.05, 0.1) is 10.9 Å². The van der Waals surface area contributed by atoms with Gasteiger partial charge in [0.1, 0.15) is 11.6 Å². The zero-order valence-corrected chi connectivity index (χ0v) is 15.6. The molecule has 2 N–H and O–H groups in total. The second-order valence-corrected chi connectivity index (χ2v) is 7.20. The minimum Gasteiger partial charge on any atom is -0.323 e. The maximum Gasteiger partial charge on any atom is 0.237 e. The fourth-order valence-corrected chi connectivity index (χ4v) is 3.09. The van der Waals surface area contributed by atoms with E-state index in [2.05, 4.69) is 27.4 Å². The van der Waals surface area contributed by atoms with Crippen LogP contribution in [0.25, 0.3) is 11.4 Å². The van der Waals surface area contributed by atoms with Crippen LogP contribution in [0.5, 0.6) is 0 Å². The molecule has 0 aliphatic rings. The molecule has 0 radical (unpaired) electrons. The topological polar surface area (TPSA) is 70.7 Å². The SMILES string of the molecule is CCc1ccc(-c2nc(S[C@@H](C)C(=O)Nc3ccc(F)cc3F)n[nH]2)cc1. The van der Waals surface area contributed by atoms with E-state index in [1.54, 1.807) is 6.92 Å². The number of halogens is 2. The third-order valence-corrected chi connectivity index (χ3v) is 4.90. The molecule has 3 rings (SSSR count). The number of thioether (sulfide) groups is 1. The maximum absolute atomic E-state index is 13.7. The number of hydrogen-bond acceptors (Lipinski definition) is 4. The number of nitrogens with one attached hydrogen (secondary N) is 2. The number of nitrogens with zero attached hydrogens (tertiary/aromatic N) is 2. The highest BCUT2D eigenvalue weighted by Gasteiger charge is 2.19. The van der Waals surface area contributed by atoms with Crippen molar-refractivity contribution in [2.24, 2.45) is 0 Å². The first-order valence-electron chi connectivity index (χ1n) is 8.40. The molecule has 2 aromatic carbocycles. The predicted molar refractivity (Wildman–Crippen MR) is 102 cm³/mol. The number of amides is 1. The Morgan fingerprint density at radius 1 is 1.22 bits per heavy atom. The van der Waals surface area contributed by atoms with Gasteiger partial charge in [0.25, 0.3) is 0 Å². The standard InChI is InChI=1S/C19H18F2N4OS/c1-3-12-4-6-13(7-5-12)17-23-19(25-24-17)27-11(2)18(26)22-16-9-8-14(20)10-15(16)21/h4-11H,3H2,1-2H3,(H,22,26)(H,23,24,25)/t11-/m0/s1.